The van der Waals surface area contributed by atoms with Gasteiger partial charge in [0.1, 0.15) is 5.75 Å². The molecule has 0 aliphatic rings. The van der Waals surface area contributed by atoms with Crippen LogP contribution in [0.2, 0.25) is 0 Å². The Balaban J connectivity index is 0.000000240. The average molecular weight is 324 g/mol. The van der Waals surface area contributed by atoms with Gasteiger partial charge in [-0.3, -0.25) is 9.59 Å². The van der Waals surface area contributed by atoms with Gasteiger partial charge >= 0.3 is 11.9 Å². The lowest BCUT2D eigenvalue weighted by Gasteiger charge is -2.05. The maximum Gasteiger partial charge on any atom is 0.314 e. The largest absolute Gasteiger partial charge is 0.481 e. The van der Waals surface area contributed by atoms with Crippen molar-refractivity contribution >= 4 is 18.0 Å². The molecule has 1 N–H and O–H groups in total. The molecule has 124 valence electrons. The van der Waals surface area contributed by atoms with Crippen LogP contribution in [0.5, 0.6) is 5.75 Å². The molecule has 4 heteroatoms. The van der Waals surface area contributed by atoms with Gasteiger partial charge in [0.05, 0.1) is 5.92 Å². The Hall–Kier alpha value is -3.14. The summed E-state index contributed by atoms with van der Waals surface area (Å²) in [6.07, 6.45) is 3.16. The second-order valence-corrected chi connectivity index (χ2v) is 4.83. The number of hydrogen-bond donors (Lipinski definition) is 1. The van der Waals surface area contributed by atoms with Gasteiger partial charge in [0, 0.05) is 6.92 Å². The molecule has 0 aliphatic heterocycles. The fourth-order valence-corrected chi connectivity index (χ4v) is 1.88. The van der Waals surface area contributed by atoms with Crippen molar-refractivity contribution in [1.29, 1.82) is 0 Å². The number of rotatable bonds is 5. The number of carbonyl (C=O) groups is 2. The predicted octanol–water partition coefficient (Wildman–Crippen LogP) is 4.30. The van der Waals surface area contributed by atoms with E-state index < -0.39 is 11.9 Å². The minimum atomic E-state index is -0.865. The van der Waals surface area contributed by atoms with E-state index in [1.165, 1.54) is 13.0 Å². The highest BCUT2D eigenvalue weighted by Crippen LogP contribution is 2.16. The third-order valence-corrected chi connectivity index (χ3v) is 3.04. The molecule has 0 saturated carbocycles. The molecule has 1 unspecified atom stereocenters. The minimum Gasteiger partial charge on any atom is -0.481 e. The van der Waals surface area contributed by atoms with E-state index in [-0.39, 0.29) is 5.97 Å². The fourth-order valence-electron chi connectivity index (χ4n) is 1.88. The number of carboxylic acid groups (broad SMARTS) is 1. The molecule has 1 atom stereocenters. The lowest BCUT2D eigenvalue weighted by Crippen LogP contribution is -2.07. The maximum absolute atomic E-state index is 10.7. The molecule has 0 spiro atoms. The van der Waals surface area contributed by atoms with Crippen molar-refractivity contribution in [2.75, 3.05) is 0 Å². The molecule has 2 rings (SSSR count). The number of esters is 1. The summed E-state index contributed by atoms with van der Waals surface area (Å²) >= 11 is 0. The molecule has 0 fully saturated rings. The van der Waals surface area contributed by atoms with Crippen LogP contribution < -0.4 is 4.74 Å². The van der Waals surface area contributed by atoms with Gasteiger partial charge in [0.15, 0.2) is 0 Å². The number of carbonyl (C=O) groups excluding carboxylic acids is 1. The standard InChI is InChI=1S/2C10H10O2/c1-3-9-4-6-10(7-5-9)12-8(2)11;1-2-9(10(11)12)8-6-4-3-5-7-8/h3-7H,1H2,2H3;2-7,9H,1H2,(H,11,12). The zero-order valence-electron chi connectivity index (χ0n) is 13.5. The monoisotopic (exact) mass is 324 g/mol. The fraction of sp³-hybridized carbons (Fsp3) is 0.100. The Morgan fingerprint density at radius 3 is 2.04 bits per heavy atom. The maximum atomic E-state index is 10.7. The summed E-state index contributed by atoms with van der Waals surface area (Å²) in [5, 5.41) is 8.76. The van der Waals surface area contributed by atoms with E-state index >= 15 is 0 Å². The zero-order chi connectivity index (χ0) is 17.9. The van der Waals surface area contributed by atoms with E-state index in [9.17, 15) is 9.59 Å². The molecule has 4 nitrogen and oxygen atoms in total. The van der Waals surface area contributed by atoms with Crippen molar-refractivity contribution in [3.05, 3.63) is 85.0 Å². The van der Waals surface area contributed by atoms with E-state index in [1.807, 2.05) is 30.3 Å². The molecule has 2 aromatic rings. The van der Waals surface area contributed by atoms with Gasteiger partial charge in [0.2, 0.25) is 0 Å². The highest BCUT2D eigenvalue weighted by molar-refractivity contribution is 5.78. The van der Waals surface area contributed by atoms with Crippen molar-refractivity contribution in [3.63, 3.8) is 0 Å². The minimum absolute atomic E-state index is 0.304. The topological polar surface area (TPSA) is 63.6 Å². The lowest BCUT2D eigenvalue weighted by molar-refractivity contribution is -0.137. The first kappa shape index (κ1) is 18.9. The lowest BCUT2D eigenvalue weighted by atomic mass is 10.00. The predicted molar refractivity (Wildman–Crippen MR) is 94.9 cm³/mol. The first-order valence-electron chi connectivity index (χ1n) is 7.29. The van der Waals surface area contributed by atoms with Crippen LogP contribution in [0.25, 0.3) is 6.08 Å². The first-order valence-corrected chi connectivity index (χ1v) is 7.29. The van der Waals surface area contributed by atoms with Gasteiger partial charge in [-0.1, -0.05) is 61.2 Å². The molecule has 2 aromatic carbocycles. The van der Waals surface area contributed by atoms with Gasteiger partial charge in [-0.25, -0.2) is 0 Å². The Kier molecular flexibility index (Phi) is 7.71. The SMILES string of the molecule is C=CC(C(=O)O)c1ccccc1.C=Cc1ccc(OC(C)=O)cc1. The molecular formula is C20H20O4. The molecule has 0 aromatic heterocycles. The number of carboxylic acids is 1. The van der Waals surface area contributed by atoms with E-state index in [4.69, 9.17) is 9.84 Å². The van der Waals surface area contributed by atoms with Crippen LogP contribution in [-0.4, -0.2) is 17.0 Å². The molecule has 0 heterocycles. The van der Waals surface area contributed by atoms with Crippen LogP contribution in [0.15, 0.2) is 73.8 Å². The van der Waals surface area contributed by atoms with Crippen molar-refractivity contribution in [1.82, 2.24) is 0 Å². The molecule has 0 amide bonds. The van der Waals surface area contributed by atoms with Gasteiger partial charge in [0.25, 0.3) is 0 Å². The Morgan fingerprint density at radius 2 is 1.62 bits per heavy atom. The van der Waals surface area contributed by atoms with Crippen LogP contribution in [0.1, 0.15) is 24.0 Å². The Bertz CT molecular complexity index is 687. The number of aliphatic carboxylic acids is 1. The summed E-state index contributed by atoms with van der Waals surface area (Å²) in [4.78, 5) is 21.2. The molecular weight excluding hydrogens is 304 g/mol. The van der Waals surface area contributed by atoms with Crippen molar-refractivity contribution in [3.8, 4) is 5.75 Å². The Morgan fingerprint density at radius 1 is 1.04 bits per heavy atom. The third kappa shape index (κ3) is 6.32. The molecule has 0 radical (unpaired) electrons. The normalized spacial score (nSPS) is 10.5. The summed E-state index contributed by atoms with van der Waals surface area (Å²) in [7, 11) is 0. The number of ether oxygens (including phenoxy) is 1. The number of benzene rings is 2. The van der Waals surface area contributed by atoms with Crippen molar-refractivity contribution < 1.29 is 19.4 Å². The van der Waals surface area contributed by atoms with Crippen molar-refractivity contribution in [2.24, 2.45) is 0 Å². The summed E-state index contributed by atoms with van der Waals surface area (Å²) in [5.74, 6) is -1.20. The van der Waals surface area contributed by atoms with E-state index in [2.05, 4.69) is 13.2 Å². The zero-order valence-corrected chi connectivity index (χ0v) is 13.5. The molecule has 0 saturated heterocycles. The summed E-state index contributed by atoms with van der Waals surface area (Å²) < 4.78 is 4.84. The summed E-state index contributed by atoms with van der Waals surface area (Å²) in [6, 6.07) is 16.2. The van der Waals surface area contributed by atoms with Gasteiger partial charge in [-0.2, -0.15) is 0 Å². The van der Waals surface area contributed by atoms with Gasteiger partial charge in [-0.05, 0) is 23.3 Å². The van der Waals surface area contributed by atoms with Gasteiger partial charge < -0.3 is 9.84 Å². The van der Waals surface area contributed by atoms with Gasteiger partial charge in [-0.15, -0.1) is 6.58 Å². The van der Waals surface area contributed by atoms with E-state index in [0.717, 1.165) is 11.1 Å². The first-order chi connectivity index (χ1) is 11.5. The smallest absolute Gasteiger partial charge is 0.314 e. The summed E-state index contributed by atoms with van der Waals surface area (Å²) in [5.41, 5.74) is 1.77. The van der Waals surface area contributed by atoms with Crippen LogP contribution in [0, 0.1) is 0 Å². The highest BCUT2D eigenvalue weighted by Gasteiger charge is 2.14. The van der Waals surface area contributed by atoms with Crippen LogP contribution in [0.3, 0.4) is 0 Å². The Labute approximate surface area is 141 Å². The number of hydrogen-bond acceptors (Lipinski definition) is 3. The van der Waals surface area contributed by atoms with Crippen LogP contribution in [0.4, 0.5) is 0 Å². The average Bonchev–Trinajstić information content (AvgIpc) is 2.57. The second-order valence-electron chi connectivity index (χ2n) is 4.83. The molecule has 24 heavy (non-hydrogen) atoms. The quantitative estimate of drug-likeness (QED) is 0.506. The van der Waals surface area contributed by atoms with E-state index in [0.29, 0.717) is 5.75 Å². The third-order valence-electron chi connectivity index (χ3n) is 3.04. The van der Waals surface area contributed by atoms with E-state index in [1.54, 1.807) is 30.3 Å². The van der Waals surface area contributed by atoms with Crippen molar-refractivity contribution in [2.45, 2.75) is 12.8 Å². The van der Waals surface area contributed by atoms with Crippen LogP contribution in [-0.2, 0) is 9.59 Å². The molecule has 0 aliphatic carbocycles. The highest BCUT2D eigenvalue weighted by atomic mass is 16.5. The summed E-state index contributed by atoms with van der Waals surface area (Å²) in [6.45, 7) is 8.47. The van der Waals surface area contributed by atoms with Crippen LogP contribution >= 0.6 is 0 Å². The second kappa shape index (κ2) is 9.79. The molecule has 0 bridgehead atoms.